The molecule has 1 heterocycles. The molecule has 1 aliphatic heterocycles. The average molecular weight is 248 g/mol. The number of hydrogen-bond acceptors (Lipinski definition) is 3. The SMILES string of the molecule is CCc1cc([C@@H](N)CO)ccc1N1CCCCC1. The van der Waals surface area contributed by atoms with Gasteiger partial charge in [0.15, 0.2) is 0 Å². The molecule has 1 fully saturated rings. The highest BCUT2D eigenvalue weighted by Crippen LogP contribution is 2.27. The summed E-state index contributed by atoms with van der Waals surface area (Å²) in [4.78, 5) is 2.48. The Morgan fingerprint density at radius 1 is 1.28 bits per heavy atom. The quantitative estimate of drug-likeness (QED) is 0.859. The molecular formula is C15H24N2O. The van der Waals surface area contributed by atoms with Crippen LogP contribution in [0.3, 0.4) is 0 Å². The zero-order chi connectivity index (χ0) is 13.0. The molecule has 0 bridgehead atoms. The first-order chi connectivity index (χ1) is 8.76. The number of anilines is 1. The Labute approximate surface area is 110 Å². The molecule has 1 atom stereocenters. The van der Waals surface area contributed by atoms with Crippen molar-refractivity contribution in [1.82, 2.24) is 0 Å². The molecule has 0 saturated carbocycles. The van der Waals surface area contributed by atoms with Crippen LogP contribution in [-0.4, -0.2) is 24.8 Å². The van der Waals surface area contributed by atoms with Crippen molar-refractivity contribution in [3.63, 3.8) is 0 Å². The molecule has 1 aliphatic rings. The highest BCUT2D eigenvalue weighted by atomic mass is 16.3. The van der Waals surface area contributed by atoms with Crippen LogP contribution in [0, 0.1) is 0 Å². The summed E-state index contributed by atoms with van der Waals surface area (Å²) in [5.41, 5.74) is 9.62. The van der Waals surface area contributed by atoms with Crippen LogP contribution in [0.25, 0.3) is 0 Å². The Hall–Kier alpha value is -1.06. The van der Waals surface area contributed by atoms with Gasteiger partial charge in [-0.3, -0.25) is 0 Å². The van der Waals surface area contributed by atoms with E-state index in [1.807, 2.05) is 0 Å². The van der Waals surface area contributed by atoms with Crippen LogP contribution in [-0.2, 0) is 6.42 Å². The lowest BCUT2D eigenvalue weighted by Gasteiger charge is -2.31. The molecule has 0 aliphatic carbocycles. The highest BCUT2D eigenvalue weighted by molar-refractivity contribution is 5.55. The summed E-state index contributed by atoms with van der Waals surface area (Å²) >= 11 is 0. The van der Waals surface area contributed by atoms with Crippen molar-refractivity contribution in [3.05, 3.63) is 29.3 Å². The summed E-state index contributed by atoms with van der Waals surface area (Å²) in [7, 11) is 0. The lowest BCUT2D eigenvalue weighted by atomic mass is 10.00. The van der Waals surface area contributed by atoms with E-state index >= 15 is 0 Å². The smallest absolute Gasteiger partial charge is 0.0624 e. The minimum Gasteiger partial charge on any atom is -0.394 e. The number of nitrogens with two attached hydrogens (primary N) is 1. The van der Waals surface area contributed by atoms with Gasteiger partial charge < -0.3 is 15.7 Å². The van der Waals surface area contributed by atoms with Gasteiger partial charge in [-0.15, -0.1) is 0 Å². The van der Waals surface area contributed by atoms with Crippen LogP contribution >= 0.6 is 0 Å². The van der Waals surface area contributed by atoms with E-state index in [-0.39, 0.29) is 12.6 Å². The third kappa shape index (κ3) is 2.85. The first-order valence-corrected chi connectivity index (χ1v) is 7.00. The molecule has 3 nitrogen and oxygen atoms in total. The van der Waals surface area contributed by atoms with Crippen LogP contribution in [0.2, 0.25) is 0 Å². The average Bonchev–Trinajstić information content (AvgIpc) is 2.46. The first-order valence-electron chi connectivity index (χ1n) is 7.00. The maximum absolute atomic E-state index is 9.13. The maximum atomic E-state index is 9.13. The number of aliphatic hydroxyl groups is 1. The van der Waals surface area contributed by atoms with Crippen molar-refractivity contribution in [1.29, 1.82) is 0 Å². The van der Waals surface area contributed by atoms with E-state index in [1.165, 1.54) is 43.6 Å². The lowest BCUT2D eigenvalue weighted by Crippen LogP contribution is -2.30. The van der Waals surface area contributed by atoms with Gasteiger partial charge >= 0.3 is 0 Å². The third-order valence-electron chi connectivity index (χ3n) is 3.81. The predicted octanol–water partition coefficient (Wildman–Crippen LogP) is 2.23. The molecule has 100 valence electrons. The van der Waals surface area contributed by atoms with Gasteiger partial charge in [-0.25, -0.2) is 0 Å². The van der Waals surface area contributed by atoms with E-state index in [1.54, 1.807) is 0 Å². The molecule has 0 radical (unpaired) electrons. The van der Waals surface area contributed by atoms with E-state index in [0.717, 1.165) is 12.0 Å². The van der Waals surface area contributed by atoms with Crippen molar-refractivity contribution >= 4 is 5.69 Å². The molecule has 3 heteroatoms. The van der Waals surface area contributed by atoms with Gasteiger partial charge in [0.1, 0.15) is 0 Å². The minimum atomic E-state index is -0.259. The number of nitrogens with zero attached hydrogens (tertiary/aromatic N) is 1. The standard InChI is InChI=1S/C15H24N2O/c1-2-12-10-13(14(16)11-18)6-7-15(12)17-8-4-3-5-9-17/h6-7,10,14,18H,2-5,8-9,11,16H2,1H3/t14-/m0/s1. The van der Waals surface area contributed by atoms with Gasteiger partial charge in [-0.05, 0) is 42.9 Å². The fourth-order valence-corrected chi connectivity index (χ4v) is 2.67. The van der Waals surface area contributed by atoms with E-state index in [0.29, 0.717) is 0 Å². The van der Waals surface area contributed by atoms with Crippen molar-refractivity contribution in [3.8, 4) is 0 Å². The van der Waals surface area contributed by atoms with Crippen LogP contribution in [0.4, 0.5) is 5.69 Å². The topological polar surface area (TPSA) is 49.5 Å². The Kier molecular flexibility index (Phi) is 4.61. The highest BCUT2D eigenvalue weighted by Gasteiger charge is 2.15. The van der Waals surface area contributed by atoms with E-state index in [4.69, 9.17) is 10.8 Å². The van der Waals surface area contributed by atoms with E-state index in [2.05, 4.69) is 30.0 Å². The van der Waals surface area contributed by atoms with Crippen molar-refractivity contribution < 1.29 is 5.11 Å². The van der Waals surface area contributed by atoms with Crippen molar-refractivity contribution in [2.45, 2.75) is 38.6 Å². The summed E-state index contributed by atoms with van der Waals surface area (Å²) in [5.74, 6) is 0. The van der Waals surface area contributed by atoms with E-state index in [9.17, 15) is 0 Å². The molecule has 1 aromatic carbocycles. The zero-order valence-electron chi connectivity index (χ0n) is 11.2. The normalized spacial score (nSPS) is 17.8. The largest absolute Gasteiger partial charge is 0.394 e. The molecule has 1 aromatic rings. The molecule has 1 saturated heterocycles. The van der Waals surface area contributed by atoms with Gasteiger partial charge in [-0.2, -0.15) is 0 Å². The molecule has 2 rings (SSSR count). The second kappa shape index (κ2) is 6.21. The third-order valence-corrected chi connectivity index (χ3v) is 3.81. The zero-order valence-corrected chi connectivity index (χ0v) is 11.2. The Morgan fingerprint density at radius 3 is 2.61 bits per heavy atom. The Morgan fingerprint density at radius 2 is 2.00 bits per heavy atom. The fourth-order valence-electron chi connectivity index (χ4n) is 2.67. The second-order valence-electron chi connectivity index (χ2n) is 5.08. The number of piperidine rings is 1. The first kappa shape index (κ1) is 13.4. The maximum Gasteiger partial charge on any atom is 0.0624 e. The lowest BCUT2D eigenvalue weighted by molar-refractivity contribution is 0.268. The van der Waals surface area contributed by atoms with Crippen LogP contribution < -0.4 is 10.6 Å². The Bertz CT molecular complexity index is 386. The summed E-state index contributed by atoms with van der Waals surface area (Å²) < 4.78 is 0. The number of aryl methyl sites for hydroxylation is 1. The van der Waals surface area contributed by atoms with Gasteiger partial charge in [0.25, 0.3) is 0 Å². The second-order valence-corrected chi connectivity index (χ2v) is 5.08. The fraction of sp³-hybridized carbons (Fsp3) is 0.600. The van der Waals surface area contributed by atoms with Gasteiger partial charge in [0, 0.05) is 18.8 Å². The van der Waals surface area contributed by atoms with Crippen molar-refractivity contribution in [2.24, 2.45) is 5.73 Å². The molecule has 18 heavy (non-hydrogen) atoms. The number of rotatable bonds is 4. The molecular weight excluding hydrogens is 224 g/mol. The van der Waals surface area contributed by atoms with Crippen LogP contribution in [0.15, 0.2) is 18.2 Å². The Balaban J connectivity index is 2.24. The van der Waals surface area contributed by atoms with Crippen LogP contribution in [0.1, 0.15) is 43.4 Å². The molecule has 0 unspecified atom stereocenters. The summed E-state index contributed by atoms with van der Waals surface area (Å²) in [6, 6.07) is 6.13. The van der Waals surface area contributed by atoms with E-state index < -0.39 is 0 Å². The number of hydrogen-bond donors (Lipinski definition) is 2. The number of aliphatic hydroxyl groups excluding tert-OH is 1. The van der Waals surface area contributed by atoms with Gasteiger partial charge in [0.2, 0.25) is 0 Å². The number of benzene rings is 1. The predicted molar refractivity (Wildman–Crippen MR) is 75.9 cm³/mol. The molecule has 3 N–H and O–H groups in total. The molecule has 0 amide bonds. The van der Waals surface area contributed by atoms with Crippen molar-refractivity contribution in [2.75, 3.05) is 24.6 Å². The van der Waals surface area contributed by atoms with Crippen LogP contribution in [0.5, 0.6) is 0 Å². The van der Waals surface area contributed by atoms with Gasteiger partial charge in [0.05, 0.1) is 12.6 Å². The minimum absolute atomic E-state index is 0.00617. The summed E-state index contributed by atoms with van der Waals surface area (Å²) in [5, 5.41) is 9.13. The molecule has 0 spiro atoms. The summed E-state index contributed by atoms with van der Waals surface area (Å²) in [6.07, 6.45) is 4.95. The monoisotopic (exact) mass is 248 g/mol. The van der Waals surface area contributed by atoms with Gasteiger partial charge in [-0.1, -0.05) is 19.1 Å². The summed E-state index contributed by atoms with van der Waals surface area (Å²) in [6.45, 7) is 4.51. The molecule has 0 aromatic heterocycles.